The van der Waals surface area contributed by atoms with Crippen molar-refractivity contribution in [3.8, 4) is 0 Å². The van der Waals surface area contributed by atoms with Crippen LogP contribution in [0, 0.1) is 0 Å². The molecule has 2 aromatic heterocycles. The molecule has 0 aliphatic carbocycles. The molecule has 94 valence electrons. The minimum absolute atomic E-state index is 0.174. The summed E-state index contributed by atoms with van der Waals surface area (Å²) in [5, 5.41) is 13.0. The summed E-state index contributed by atoms with van der Waals surface area (Å²) in [6.07, 6.45) is 2.47. The van der Waals surface area contributed by atoms with Crippen molar-refractivity contribution in [2.24, 2.45) is 0 Å². The third-order valence-corrected chi connectivity index (χ3v) is 3.02. The first-order valence-electron chi connectivity index (χ1n) is 5.92. The Morgan fingerprint density at radius 1 is 1.56 bits per heavy atom. The van der Waals surface area contributed by atoms with Crippen molar-refractivity contribution in [3.63, 3.8) is 0 Å². The van der Waals surface area contributed by atoms with Gasteiger partial charge in [0.15, 0.2) is 5.69 Å². The van der Waals surface area contributed by atoms with Gasteiger partial charge in [-0.05, 0) is 12.1 Å². The minimum Gasteiger partial charge on any atom is -0.467 e. The number of aromatic amines is 1. The molecule has 18 heavy (non-hydrogen) atoms. The highest BCUT2D eigenvalue weighted by molar-refractivity contribution is 5.93. The fraction of sp³-hybridized carbons (Fsp3) is 0.333. The van der Waals surface area contributed by atoms with E-state index in [4.69, 9.17) is 4.42 Å². The summed E-state index contributed by atoms with van der Waals surface area (Å²) in [6.45, 7) is 1.99. The van der Waals surface area contributed by atoms with Crippen molar-refractivity contribution in [1.29, 1.82) is 0 Å². The Hall–Kier alpha value is -2.08. The summed E-state index contributed by atoms with van der Waals surface area (Å²) < 4.78 is 5.16. The van der Waals surface area contributed by atoms with Crippen molar-refractivity contribution in [2.75, 3.05) is 6.54 Å². The van der Waals surface area contributed by atoms with Crippen molar-refractivity contribution in [1.82, 2.24) is 20.8 Å². The highest BCUT2D eigenvalue weighted by Crippen LogP contribution is 2.15. The number of amides is 1. The SMILES string of the molecule is O=C(NCc1ccco1)c1n[nH]c2c1CNCC2. The van der Waals surface area contributed by atoms with Crippen LogP contribution in [-0.4, -0.2) is 22.6 Å². The molecule has 1 aliphatic heterocycles. The number of rotatable bonds is 3. The number of carbonyl (C=O) groups excluding carboxylic acids is 1. The number of nitrogens with one attached hydrogen (secondary N) is 3. The van der Waals surface area contributed by atoms with Gasteiger partial charge in [0.2, 0.25) is 0 Å². The van der Waals surface area contributed by atoms with Crippen LogP contribution in [0.3, 0.4) is 0 Å². The van der Waals surface area contributed by atoms with E-state index in [0.29, 0.717) is 18.8 Å². The second kappa shape index (κ2) is 4.66. The molecule has 0 radical (unpaired) electrons. The zero-order chi connectivity index (χ0) is 12.4. The smallest absolute Gasteiger partial charge is 0.272 e. The molecule has 0 bridgehead atoms. The van der Waals surface area contributed by atoms with E-state index in [1.54, 1.807) is 12.3 Å². The van der Waals surface area contributed by atoms with Gasteiger partial charge in [0.1, 0.15) is 5.76 Å². The Morgan fingerprint density at radius 3 is 3.33 bits per heavy atom. The van der Waals surface area contributed by atoms with E-state index in [1.165, 1.54) is 0 Å². The van der Waals surface area contributed by atoms with Crippen LogP contribution in [0.15, 0.2) is 22.8 Å². The van der Waals surface area contributed by atoms with Gasteiger partial charge < -0.3 is 15.1 Å². The third kappa shape index (κ3) is 2.02. The monoisotopic (exact) mass is 246 g/mol. The maximum atomic E-state index is 12.0. The summed E-state index contributed by atoms with van der Waals surface area (Å²) >= 11 is 0. The average Bonchev–Trinajstić information content (AvgIpc) is 3.05. The lowest BCUT2D eigenvalue weighted by Gasteiger charge is -2.12. The van der Waals surface area contributed by atoms with Gasteiger partial charge in [-0.15, -0.1) is 0 Å². The van der Waals surface area contributed by atoms with Gasteiger partial charge in [-0.2, -0.15) is 5.10 Å². The topological polar surface area (TPSA) is 83.0 Å². The van der Waals surface area contributed by atoms with Gasteiger partial charge in [0.05, 0.1) is 12.8 Å². The predicted molar refractivity (Wildman–Crippen MR) is 63.9 cm³/mol. The van der Waals surface area contributed by atoms with E-state index in [0.717, 1.165) is 30.0 Å². The van der Waals surface area contributed by atoms with Gasteiger partial charge in [0, 0.05) is 30.8 Å². The molecule has 3 N–H and O–H groups in total. The number of H-pyrrole nitrogens is 1. The third-order valence-electron chi connectivity index (χ3n) is 3.02. The lowest BCUT2D eigenvalue weighted by Crippen LogP contribution is -2.28. The highest BCUT2D eigenvalue weighted by Gasteiger charge is 2.21. The van der Waals surface area contributed by atoms with Crippen LogP contribution in [-0.2, 0) is 19.5 Å². The Kier molecular flexibility index (Phi) is 2.85. The maximum absolute atomic E-state index is 12.0. The number of hydrogen-bond acceptors (Lipinski definition) is 4. The summed E-state index contributed by atoms with van der Waals surface area (Å²) in [7, 11) is 0. The standard InChI is InChI=1S/C12H14N4O2/c17-12(14-6-8-2-1-5-18-8)11-9-7-13-4-3-10(9)15-16-11/h1-2,5,13H,3-4,6-7H2,(H,14,17)(H,15,16). The van der Waals surface area contributed by atoms with Crippen LogP contribution in [0.4, 0.5) is 0 Å². The van der Waals surface area contributed by atoms with Crippen LogP contribution in [0.2, 0.25) is 0 Å². The fourth-order valence-electron chi connectivity index (χ4n) is 2.08. The Morgan fingerprint density at radius 2 is 2.50 bits per heavy atom. The largest absolute Gasteiger partial charge is 0.467 e. The molecule has 0 spiro atoms. The molecule has 3 rings (SSSR count). The number of nitrogens with zero attached hydrogens (tertiary/aromatic N) is 1. The van der Waals surface area contributed by atoms with Gasteiger partial charge >= 0.3 is 0 Å². The fourth-order valence-corrected chi connectivity index (χ4v) is 2.08. The second-order valence-corrected chi connectivity index (χ2v) is 4.22. The molecule has 0 atom stereocenters. The number of carbonyl (C=O) groups is 1. The first kappa shape index (κ1) is 11.0. The van der Waals surface area contributed by atoms with Crippen LogP contribution < -0.4 is 10.6 Å². The van der Waals surface area contributed by atoms with E-state index in [9.17, 15) is 4.79 Å². The van der Waals surface area contributed by atoms with Gasteiger partial charge in [0.25, 0.3) is 5.91 Å². The molecular weight excluding hydrogens is 232 g/mol. The van der Waals surface area contributed by atoms with Gasteiger partial charge in [-0.1, -0.05) is 0 Å². The molecule has 0 saturated heterocycles. The number of fused-ring (bicyclic) bond motifs is 1. The average molecular weight is 246 g/mol. The summed E-state index contributed by atoms with van der Waals surface area (Å²) in [5.74, 6) is 0.554. The molecule has 0 fully saturated rings. The highest BCUT2D eigenvalue weighted by atomic mass is 16.3. The number of aromatic nitrogens is 2. The quantitative estimate of drug-likeness (QED) is 0.739. The first-order valence-corrected chi connectivity index (χ1v) is 5.92. The van der Waals surface area contributed by atoms with Crippen molar-refractivity contribution >= 4 is 5.91 Å². The minimum atomic E-state index is -0.174. The predicted octanol–water partition coefficient (Wildman–Crippen LogP) is 0.578. The Bertz CT molecular complexity index is 544. The van der Waals surface area contributed by atoms with Gasteiger partial charge in [-0.3, -0.25) is 9.89 Å². The molecule has 6 nitrogen and oxygen atoms in total. The summed E-state index contributed by atoms with van der Waals surface area (Å²) in [5.41, 5.74) is 2.50. The molecule has 0 unspecified atom stereocenters. The van der Waals surface area contributed by atoms with E-state index in [1.807, 2.05) is 6.07 Å². The van der Waals surface area contributed by atoms with E-state index in [-0.39, 0.29) is 5.91 Å². The van der Waals surface area contributed by atoms with Crippen molar-refractivity contribution in [3.05, 3.63) is 41.1 Å². The Labute approximate surface area is 104 Å². The zero-order valence-corrected chi connectivity index (χ0v) is 9.82. The molecular formula is C12H14N4O2. The van der Waals surface area contributed by atoms with Crippen LogP contribution in [0.1, 0.15) is 27.5 Å². The number of furan rings is 1. The molecule has 0 aromatic carbocycles. The van der Waals surface area contributed by atoms with E-state index < -0.39 is 0 Å². The lowest BCUT2D eigenvalue weighted by molar-refractivity contribution is 0.0942. The normalized spacial score (nSPS) is 14.2. The molecule has 1 amide bonds. The summed E-state index contributed by atoms with van der Waals surface area (Å²) in [6, 6.07) is 3.61. The van der Waals surface area contributed by atoms with Crippen LogP contribution in [0.25, 0.3) is 0 Å². The Balaban J connectivity index is 1.70. The molecule has 6 heteroatoms. The van der Waals surface area contributed by atoms with E-state index >= 15 is 0 Å². The lowest BCUT2D eigenvalue weighted by atomic mass is 10.1. The van der Waals surface area contributed by atoms with Crippen molar-refractivity contribution in [2.45, 2.75) is 19.5 Å². The molecule has 0 saturated carbocycles. The zero-order valence-electron chi connectivity index (χ0n) is 9.82. The molecule has 2 aromatic rings. The molecule has 3 heterocycles. The first-order chi connectivity index (χ1) is 8.84. The van der Waals surface area contributed by atoms with E-state index in [2.05, 4.69) is 20.8 Å². The van der Waals surface area contributed by atoms with Crippen LogP contribution >= 0.6 is 0 Å². The second-order valence-electron chi connectivity index (χ2n) is 4.22. The molecule has 1 aliphatic rings. The number of hydrogen-bond donors (Lipinski definition) is 3. The van der Waals surface area contributed by atoms with Crippen LogP contribution in [0.5, 0.6) is 0 Å². The maximum Gasteiger partial charge on any atom is 0.272 e. The summed E-state index contributed by atoms with van der Waals surface area (Å²) in [4.78, 5) is 12.0. The van der Waals surface area contributed by atoms with Crippen molar-refractivity contribution < 1.29 is 9.21 Å². The van der Waals surface area contributed by atoms with Gasteiger partial charge in [-0.25, -0.2) is 0 Å².